The minimum atomic E-state index is -0.354. The third-order valence-corrected chi connectivity index (χ3v) is 3.71. The molecule has 0 bridgehead atoms. The third kappa shape index (κ3) is 2.52. The van der Waals surface area contributed by atoms with Crippen molar-refractivity contribution in [3.8, 4) is 0 Å². The van der Waals surface area contributed by atoms with Gasteiger partial charge in [0, 0.05) is 17.4 Å². The molecule has 0 aromatic rings. The molecule has 5 heteroatoms. The molecule has 1 saturated heterocycles. The molecule has 0 amide bonds. The van der Waals surface area contributed by atoms with E-state index in [0.29, 0.717) is 6.42 Å². The van der Waals surface area contributed by atoms with Crippen LogP contribution in [0.2, 0.25) is 0 Å². The second kappa shape index (κ2) is 3.64. The highest BCUT2D eigenvalue weighted by Crippen LogP contribution is 2.34. The molecule has 0 aliphatic carbocycles. The number of carbonyl (C=O) groups is 2. The van der Waals surface area contributed by atoms with Crippen molar-refractivity contribution in [1.29, 1.82) is 0 Å². The topological polar surface area (TPSA) is 34.1 Å². The lowest BCUT2D eigenvalue weighted by molar-refractivity contribution is -0.111. The van der Waals surface area contributed by atoms with Gasteiger partial charge < -0.3 is 0 Å². The van der Waals surface area contributed by atoms with Gasteiger partial charge in [-0.3, -0.25) is 9.59 Å². The predicted octanol–water partition coefficient (Wildman–Crippen LogP) is 2.11. The standard InChI is InChI=1S/C5H5ClO2S2/c6-4(7)1-3-2-9-5(8)10-3/h3H,1-2H2. The van der Waals surface area contributed by atoms with Gasteiger partial charge in [0.25, 0.3) is 0 Å². The van der Waals surface area contributed by atoms with E-state index in [4.69, 9.17) is 11.6 Å². The molecule has 0 radical (unpaired) electrons. The van der Waals surface area contributed by atoms with Gasteiger partial charge >= 0.3 is 0 Å². The van der Waals surface area contributed by atoms with Crippen LogP contribution >= 0.6 is 35.1 Å². The summed E-state index contributed by atoms with van der Waals surface area (Å²) >= 11 is 7.61. The first kappa shape index (κ1) is 8.43. The summed E-state index contributed by atoms with van der Waals surface area (Å²) in [7, 11) is 0. The zero-order valence-corrected chi connectivity index (χ0v) is 7.39. The van der Waals surface area contributed by atoms with Gasteiger partial charge in [0.15, 0.2) is 0 Å². The van der Waals surface area contributed by atoms with Gasteiger partial charge in [0.2, 0.25) is 9.69 Å². The van der Waals surface area contributed by atoms with Crippen molar-refractivity contribution in [3.63, 3.8) is 0 Å². The summed E-state index contributed by atoms with van der Waals surface area (Å²) in [6.07, 6.45) is 0.310. The molecular weight excluding hydrogens is 192 g/mol. The summed E-state index contributed by atoms with van der Waals surface area (Å²) in [6, 6.07) is 0. The van der Waals surface area contributed by atoms with E-state index in [1.54, 1.807) is 0 Å². The average molecular weight is 197 g/mol. The Morgan fingerprint density at radius 2 is 2.50 bits per heavy atom. The molecule has 1 unspecified atom stereocenters. The van der Waals surface area contributed by atoms with E-state index < -0.39 is 0 Å². The zero-order chi connectivity index (χ0) is 7.56. The number of carbonyl (C=O) groups excluding carboxylic acids is 2. The van der Waals surface area contributed by atoms with E-state index >= 15 is 0 Å². The molecule has 0 aromatic carbocycles. The molecule has 1 aliphatic rings. The lowest BCUT2D eigenvalue weighted by Crippen LogP contribution is -2.04. The summed E-state index contributed by atoms with van der Waals surface area (Å²) in [5, 5.41) is -0.240. The van der Waals surface area contributed by atoms with Crippen molar-refractivity contribution < 1.29 is 9.59 Å². The van der Waals surface area contributed by atoms with Crippen molar-refractivity contribution in [2.24, 2.45) is 0 Å². The van der Waals surface area contributed by atoms with Crippen LogP contribution in [0.3, 0.4) is 0 Å². The van der Waals surface area contributed by atoms with Gasteiger partial charge in [-0.05, 0) is 11.6 Å². The number of hydrogen-bond donors (Lipinski definition) is 0. The summed E-state index contributed by atoms with van der Waals surface area (Å²) < 4.78 is 0.0999. The summed E-state index contributed by atoms with van der Waals surface area (Å²) in [5.41, 5.74) is 0. The molecular formula is C5H5ClO2S2. The first-order chi connectivity index (χ1) is 4.68. The van der Waals surface area contributed by atoms with Crippen LogP contribution < -0.4 is 0 Å². The van der Waals surface area contributed by atoms with E-state index in [0.717, 1.165) is 5.75 Å². The van der Waals surface area contributed by atoms with E-state index in [2.05, 4.69) is 0 Å². The number of thioether (sulfide) groups is 2. The maximum absolute atomic E-state index is 10.6. The molecule has 0 saturated carbocycles. The molecule has 10 heavy (non-hydrogen) atoms. The summed E-state index contributed by atoms with van der Waals surface area (Å²) in [6.45, 7) is 0. The van der Waals surface area contributed by atoms with Crippen LogP contribution in [0.1, 0.15) is 6.42 Å². The lowest BCUT2D eigenvalue weighted by Gasteiger charge is -1.98. The van der Waals surface area contributed by atoms with Gasteiger partial charge in [-0.25, -0.2) is 0 Å². The molecule has 1 rings (SSSR count). The monoisotopic (exact) mass is 196 g/mol. The third-order valence-electron chi connectivity index (χ3n) is 1.04. The van der Waals surface area contributed by atoms with Crippen molar-refractivity contribution in [1.82, 2.24) is 0 Å². The van der Waals surface area contributed by atoms with Crippen LogP contribution in [-0.4, -0.2) is 20.7 Å². The summed E-state index contributed by atoms with van der Waals surface area (Å²) in [4.78, 5) is 20.9. The smallest absolute Gasteiger partial charge is 0.246 e. The Kier molecular flexibility index (Phi) is 3.07. The molecule has 1 heterocycles. The van der Waals surface area contributed by atoms with E-state index in [-0.39, 0.29) is 14.9 Å². The molecule has 56 valence electrons. The molecule has 0 spiro atoms. The normalized spacial score (nSPS) is 25.3. The maximum atomic E-state index is 10.6. The van der Waals surface area contributed by atoms with Gasteiger partial charge in [0.1, 0.15) is 0 Å². The SMILES string of the molecule is O=C(Cl)CC1CSC(=O)S1. The Bertz CT molecular complexity index is 171. The fourth-order valence-electron chi connectivity index (χ4n) is 0.645. The number of hydrogen-bond acceptors (Lipinski definition) is 4. The lowest BCUT2D eigenvalue weighted by atomic mass is 10.4. The maximum Gasteiger partial charge on any atom is 0.246 e. The van der Waals surface area contributed by atoms with Crippen molar-refractivity contribution in [2.75, 3.05) is 5.75 Å². The predicted molar refractivity (Wildman–Crippen MR) is 44.7 cm³/mol. The van der Waals surface area contributed by atoms with Crippen molar-refractivity contribution in [2.45, 2.75) is 11.7 Å². The highest BCUT2D eigenvalue weighted by Gasteiger charge is 2.25. The van der Waals surface area contributed by atoms with Crippen molar-refractivity contribution in [3.05, 3.63) is 0 Å². The molecule has 1 fully saturated rings. The molecule has 0 N–H and O–H groups in total. The van der Waals surface area contributed by atoms with Crippen LogP contribution in [0, 0.1) is 0 Å². The largest absolute Gasteiger partial charge is 0.281 e. The first-order valence-corrected chi connectivity index (χ1v) is 4.94. The van der Waals surface area contributed by atoms with Crippen LogP contribution in [-0.2, 0) is 4.79 Å². The van der Waals surface area contributed by atoms with E-state index in [9.17, 15) is 9.59 Å². The van der Waals surface area contributed by atoms with Gasteiger partial charge in [-0.15, -0.1) is 0 Å². The second-order valence-corrected chi connectivity index (χ2v) is 4.81. The fourth-order valence-corrected chi connectivity index (χ4v) is 3.23. The highest BCUT2D eigenvalue weighted by atomic mass is 35.5. The Labute approximate surface area is 72.1 Å². The van der Waals surface area contributed by atoms with Crippen molar-refractivity contribution >= 4 is 44.8 Å². The van der Waals surface area contributed by atoms with Gasteiger partial charge in [-0.1, -0.05) is 23.5 Å². The Balaban J connectivity index is 2.31. The van der Waals surface area contributed by atoms with Gasteiger partial charge in [0.05, 0.1) is 0 Å². The Morgan fingerprint density at radius 3 is 2.90 bits per heavy atom. The van der Waals surface area contributed by atoms with Crippen LogP contribution in [0.15, 0.2) is 0 Å². The van der Waals surface area contributed by atoms with Crippen LogP contribution in [0.25, 0.3) is 0 Å². The number of rotatable bonds is 2. The fraction of sp³-hybridized carbons (Fsp3) is 0.600. The van der Waals surface area contributed by atoms with E-state index in [1.165, 1.54) is 23.5 Å². The van der Waals surface area contributed by atoms with Gasteiger partial charge in [-0.2, -0.15) is 0 Å². The molecule has 0 aromatic heterocycles. The highest BCUT2D eigenvalue weighted by molar-refractivity contribution is 8.41. The minimum absolute atomic E-state index is 0.0999. The Hall–Kier alpha value is 0.330. The Morgan fingerprint density at radius 1 is 1.80 bits per heavy atom. The first-order valence-electron chi connectivity index (χ1n) is 2.70. The van der Waals surface area contributed by atoms with Crippen LogP contribution in [0.5, 0.6) is 0 Å². The average Bonchev–Trinajstić information content (AvgIpc) is 2.13. The summed E-state index contributed by atoms with van der Waals surface area (Å²) in [5.74, 6) is 0.724. The van der Waals surface area contributed by atoms with Crippen LogP contribution in [0.4, 0.5) is 4.79 Å². The second-order valence-electron chi connectivity index (χ2n) is 1.86. The number of halogens is 1. The zero-order valence-electron chi connectivity index (χ0n) is 5.00. The molecule has 2 nitrogen and oxygen atoms in total. The molecule has 1 atom stereocenters. The molecule has 1 aliphatic heterocycles. The van der Waals surface area contributed by atoms with E-state index in [1.807, 2.05) is 0 Å². The minimum Gasteiger partial charge on any atom is -0.281 e. The quantitative estimate of drug-likeness (QED) is 0.634.